The van der Waals surface area contributed by atoms with Gasteiger partial charge in [-0.25, -0.2) is 0 Å². The Kier molecular flexibility index (Phi) is 6.30. The van der Waals surface area contributed by atoms with Crippen LogP contribution in [0.2, 0.25) is 0 Å². The van der Waals surface area contributed by atoms with Crippen molar-refractivity contribution in [2.45, 2.75) is 25.5 Å². The predicted octanol–water partition coefficient (Wildman–Crippen LogP) is 3.55. The summed E-state index contributed by atoms with van der Waals surface area (Å²) in [6, 6.07) is 21.9. The van der Waals surface area contributed by atoms with Crippen LogP contribution >= 0.6 is 0 Å². The van der Waals surface area contributed by atoms with E-state index in [0.717, 1.165) is 5.69 Å². The summed E-state index contributed by atoms with van der Waals surface area (Å²) < 4.78 is 5.76. The highest BCUT2D eigenvalue weighted by molar-refractivity contribution is 5.95. The van der Waals surface area contributed by atoms with Gasteiger partial charge in [-0.15, -0.1) is 0 Å². The molecule has 1 aliphatic rings. The first-order valence-electron chi connectivity index (χ1n) is 10.4. The van der Waals surface area contributed by atoms with E-state index in [2.05, 4.69) is 42.6 Å². The lowest BCUT2D eigenvalue weighted by atomic mass is 9.99. The van der Waals surface area contributed by atoms with Crippen LogP contribution in [0.25, 0.3) is 10.8 Å². The highest BCUT2D eigenvalue weighted by Crippen LogP contribution is 2.25. The van der Waals surface area contributed by atoms with Gasteiger partial charge in [-0.3, -0.25) is 9.59 Å². The highest BCUT2D eigenvalue weighted by Gasteiger charge is 2.27. The third-order valence-corrected chi connectivity index (χ3v) is 5.67. The number of carboxylic acid groups (broad SMARTS) is 1. The van der Waals surface area contributed by atoms with Crippen molar-refractivity contribution in [1.29, 1.82) is 0 Å². The van der Waals surface area contributed by atoms with Gasteiger partial charge in [0.05, 0.1) is 19.1 Å². The van der Waals surface area contributed by atoms with Gasteiger partial charge in [0.2, 0.25) is 0 Å². The quantitative estimate of drug-likeness (QED) is 0.614. The molecule has 3 aromatic carbocycles. The predicted molar refractivity (Wildman–Crippen MR) is 120 cm³/mol. The maximum atomic E-state index is 12.4. The summed E-state index contributed by atoms with van der Waals surface area (Å²) in [7, 11) is 0. The monoisotopic (exact) mass is 418 g/mol. The summed E-state index contributed by atoms with van der Waals surface area (Å²) in [5, 5.41) is 14.9. The number of carbonyl (C=O) groups excluding carboxylic acids is 1. The Morgan fingerprint density at radius 3 is 2.65 bits per heavy atom. The summed E-state index contributed by atoms with van der Waals surface area (Å²) in [5.74, 6) is -0.967. The van der Waals surface area contributed by atoms with E-state index in [-0.39, 0.29) is 31.1 Å². The van der Waals surface area contributed by atoms with Crippen LogP contribution in [0.3, 0.4) is 0 Å². The van der Waals surface area contributed by atoms with E-state index in [4.69, 9.17) is 9.84 Å². The lowest BCUT2D eigenvalue weighted by Crippen LogP contribution is -2.50. The van der Waals surface area contributed by atoms with Gasteiger partial charge in [0, 0.05) is 18.3 Å². The van der Waals surface area contributed by atoms with Crippen molar-refractivity contribution < 1.29 is 19.4 Å². The van der Waals surface area contributed by atoms with E-state index in [1.165, 1.54) is 16.3 Å². The number of benzene rings is 3. The molecule has 0 radical (unpaired) electrons. The van der Waals surface area contributed by atoms with Gasteiger partial charge in [0.1, 0.15) is 6.61 Å². The zero-order valence-electron chi connectivity index (χ0n) is 17.5. The van der Waals surface area contributed by atoms with Crippen LogP contribution in [-0.2, 0) is 20.7 Å². The molecule has 1 unspecified atom stereocenters. The Hall–Kier alpha value is -3.22. The minimum Gasteiger partial charge on any atom is -0.481 e. The molecule has 0 aliphatic carbocycles. The van der Waals surface area contributed by atoms with Crippen molar-refractivity contribution in [3.8, 4) is 0 Å². The molecule has 160 valence electrons. The average molecular weight is 418 g/mol. The van der Waals surface area contributed by atoms with Crippen LogP contribution < -0.4 is 10.2 Å². The molecule has 0 saturated carbocycles. The number of ether oxygens (including phenoxy) is 1. The first kappa shape index (κ1) is 21.0. The molecule has 4 rings (SSSR count). The summed E-state index contributed by atoms with van der Waals surface area (Å²) in [6.07, 6.45) is -0.163. The van der Waals surface area contributed by atoms with Crippen LogP contribution in [-0.4, -0.2) is 42.8 Å². The molecular formula is C25H26N2O4. The number of aliphatic carboxylic acids is 1. The van der Waals surface area contributed by atoms with Crippen LogP contribution in [0, 0.1) is 0 Å². The van der Waals surface area contributed by atoms with Gasteiger partial charge in [0.15, 0.2) is 0 Å². The molecule has 6 heteroatoms. The summed E-state index contributed by atoms with van der Waals surface area (Å²) >= 11 is 0. The average Bonchev–Trinajstić information content (AvgIpc) is 2.78. The van der Waals surface area contributed by atoms with Gasteiger partial charge in [-0.1, -0.05) is 54.6 Å². The summed E-state index contributed by atoms with van der Waals surface area (Å²) in [6.45, 7) is 3.23. The van der Waals surface area contributed by atoms with Gasteiger partial charge >= 0.3 is 5.97 Å². The zero-order chi connectivity index (χ0) is 21.8. The molecule has 1 aliphatic heterocycles. The standard InChI is InChI=1S/C25H26N2O4/c1-17(22-8-4-6-19-5-2-3-7-23(19)22)26-14-21-15-27(24(28)16-31-21)20-11-9-18(10-12-20)13-25(29)30/h2-12,17,21,26H,13-16H2,1H3,(H,29,30)/t17-,21?/m1/s1. The molecule has 0 spiro atoms. The molecule has 0 bridgehead atoms. The van der Waals surface area contributed by atoms with E-state index < -0.39 is 5.97 Å². The molecule has 1 fully saturated rings. The third-order valence-electron chi connectivity index (χ3n) is 5.67. The zero-order valence-corrected chi connectivity index (χ0v) is 17.5. The van der Waals surface area contributed by atoms with E-state index >= 15 is 0 Å². The maximum Gasteiger partial charge on any atom is 0.307 e. The number of nitrogens with one attached hydrogen (secondary N) is 1. The molecule has 2 N–H and O–H groups in total. The molecule has 1 heterocycles. The fourth-order valence-electron chi connectivity index (χ4n) is 4.01. The van der Waals surface area contributed by atoms with Crippen molar-refractivity contribution >= 4 is 28.3 Å². The number of hydrogen-bond acceptors (Lipinski definition) is 4. The Morgan fingerprint density at radius 2 is 1.87 bits per heavy atom. The summed E-state index contributed by atoms with van der Waals surface area (Å²) in [5.41, 5.74) is 2.70. The van der Waals surface area contributed by atoms with Gasteiger partial charge in [-0.2, -0.15) is 0 Å². The normalized spacial score (nSPS) is 17.6. The number of rotatable bonds is 7. The van der Waals surface area contributed by atoms with Crippen molar-refractivity contribution in [3.63, 3.8) is 0 Å². The Balaban J connectivity index is 1.40. The van der Waals surface area contributed by atoms with Crippen molar-refractivity contribution in [3.05, 3.63) is 77.9 Å². The number of anilines is 1. The van der Waals surface area contributed by atoms with Crippen LogP contribution in [0.4, 0.5) is 5.69 Å². The van der Waals surface area contributed by atoms with Gasteiger partial charge in [0.25, 0.3) is 5.91 Å². The number of carboxylic acids is 1. The topological polar surface area (TPSA) is 78.9 Å². The molecule has 31 heavy (non-hydrogen) atoms. The Labute approximate surface area is 181 Å². The van der Waals surface area contributed by atoms with Crippen molar-refractivity contribution in [2.24, 2.45) is 0 Å². The Morgan fingerprint density at radius 1 is 1.13 bits per heavy atom. The fraction of sp³-hybridized carbons (Fsp3) is 0.280. The molecule has 2 atom stereocenters. The number of carbonyl (C=O) groups is 2. The largest absolute Gasteiger partial charge is 0.481 e. The first-order valence-corrected chi connectivity index (χ1v) is 10.4. The number of hydrogen-bond donors (Lipinski definition) is 2. The fourth-order valence-corrected chi connectivity index (χ4v) is 4.01. The second kappa shape index (κ2) is 9.29. The molecular weight excluding hydrogens is 392 g/mol. The molecule has 1 amide bonds. The molecule has 6 nitrogen and oxygen atoms in total. The minimum atomic E-state index is -0.873. The van der Waals surface area contributed by atoms with Crippen LogP contribution in [0.15, 0.2) is 66.7 Å². The van der Waals surface area contributed by atoms with Crippen molar-refractivity contribution in [2.75, 3.05) is 24.6 Å². The lowest BCUT2D eigenvalue weighted by molar-refractivity contribution is -0.136. The van der Waals surface area contributed by atoms with E-state index in [9.17, 15) is 9.59 Å². The van der Waals surface area contributed by atoms with Crippen LogP contribution in [0.5, 0.6) is 0 Å². The second-order valence-electron chi connectivity index (χ2n) is 7.87. The highest BCUT2D eigenvalue weighted by atomic mass is 16.5. The number of nitrogens with zero attached hydrogens (tertiary/aromatic N) is 1. The van der Waals surface area contributed by atoms with Gasteiger partial charge in [-0.05, 0) is 41.0 Å². The number of fused-ring (bicyclic) bond motifs is 1. The smallest absolute Gasteiger partial charge is 0.307 e. The minimum absolute atomic E-state index is 0.0318. The Bertz CT molecular complexity index is 1080. The first-order chi connectivity index (χ1) is 15.0. The maximum absolute atomic E-state index is 12.4. The van der Waals surface area contributed by atoms with Crippen LogP contribution in [0.1, 0.15) is 24.1 Å². The SMILES string of the molecule is C[C@@H](NCC1CN(c2ccc(CC(=O)O)cc2)C(=O)CO1)c1cccc2ccccc12. The number of morpholine rings is 1. The third kappa shape index (κ3) is 4.93. The van der Waals surface area contributed by atoms with E-state index in [1.807, 2.05) is 12.1 Å². The lowest BCUT2D eigenvalue weighted by Gasteiger charge is -2.33. The molecule has 3 aromatic rings. The second-order valence-corrected chi connectivity index (χ2v) is 7.87. The van der Waals surface area contributed by atoms with E-state index in [1.54, 1.807) is 29.2 Å². The van der Waals surface area contributed by atoms with Crippen molar-refractivity contribution in [1.82, 2.24) is 5.32 Å². The molecule has 1 saturated heterocycles. The van der Waals surface area contributed by atoms with Gasteiger partial charge < -0.3 is 20.1 Å². The number of amides is 1. The summed E-state index contributed by atoms with van der Waals surface area (Å²) in [4.78, 5) is 25.0. The van der Waals surface area contributed by atoms with E-state index in [0.29, 0.717) is 18.7 Å². The molecule has 0 aromatic heterocycles.